The molecule has 110 valence electrons. The first kappa shape index (κ1) is 15.0. The van der Waals surface area contributed by atoms with E-state index in [1.165, 1.54) is 12.8 Å². The standard InChI is InChI=1S/C16H23NO3/c18-10-8-15-7-3-4-9-17(15)12-14-6-2-1-5-13(14)11-16(19)20/h1-2,5-6,15,18H,3-4,7-12H2,(H,19,20). The average molecular weight is 277 g/mol. The number of likely N-dealkylation sites (tertiary alicyclic amines) is 1. The van der Waals surface area contributed by atoms with Crippen LogP contribution < -0.4 is 0 Å². The first-order valence-electron chi connectivity index (χ1n) is 7.34. The summed E-state index contributed by atoms with van der Waals surface area (Å²) in [5, 5.41) is 18.2. The second-order valence-corrected chi connectivity index (χ2v) is 5.47. The highest BCUT2D eigenvalue weighted by atomic mass is 16.4. The number of carbonyl (C=O) groups is 1. The third-order valence-corrected chi connectivity index (χ3v) is 4.04. The first-order valence-corrected chi connectivity index (χ1v) is 7.34. The van der Waals surface area contributed by atoms with E-state index in [1.54, 1.807) is 0 Å². The fraction of sp³-hybridized carbons (Fsp3) is 0.562. The molecule has 4 heteroatoms. The number of benzene rings is 1. The van der Waals surface area contributed by atoms with Crippen molar-refractivity contribution in [2.24, 2.45) is 0 Å². The Morgan fingerprint density at radius 2 is 2.00 bits per heavy atom. The van der Waals surface area contributed by atoms with Gasteiger partial charge in [0.1, 0.15) is 0 Å². The van der Waals surface area contributed by atoms with Gasteiger partial charge in [0, 0.05) is 19.2 Å². The summed E-state index contributed by atoms with van der Waals surface area (Å²) < 4.78 is 0. The molecule has 0 aliphatic carbocycles. The molecule has 2 rings (SSSR count). The van der Waals surface area contributed by atoms with Gasteiger partial charge in [-0.2, -0.15) is 0 Å². The number of piperidine rings is 1. The zero-order chi connectivity index (χ0) is 14.4. The monoisotopic (exact) mass is 277 g/mol. The highest BCUT2D eigenvalue weighted by Gasteiger charge is 2.22. The number of rotatable bonds is 6. The third kappa shape index (κ3) is 4.05. The molecule has 1 aromatic carbocycles. The van der Waals surface area contributed by atoms with E-state index in [4.69, 9.17) is 5.11 Å². The SMILES string of the molecule is O=C(O)Cc1ccccc1CN1CCCCC1CCO. The molecule has 1 unspecified atom stereocenters. The van der Waals surface area contributed by atoms with Crippen LogP contribution >= 0.6 is 0 Å². The van der Waals surface area contributed by atoms with Crippen LogP contribution in [-0.2, 0) is 17.8 Å². The minimum Gasteiger partial charge on any atom is -0.481 e. The quantitative estimate of drug-likeness (QED) is 0.835. The number of carboxylic acids is 1. The predicted octanol–water partition coefficient (Wildman–Crippen LogP) is 2.05. The molecule has 1 atom stereocenters. The topological polar surface area (TPSA) is 60.8 Å². The van der Waals surface area contributed by atoms with E-state index in [0.29, 0.717) is 6.04 Å². The lowest BCUT2D eigenvalue weighted by Gasteiger charge is -2.36. The summed E-state index contributed by atoms with van der Waals surface area (Å²) >= 11 is 0. The van der Waals surface area contributed by atoms with Crippen molar-refractivity contribution >= 4 is 5.97 Å². The summed E-state index contributed by atoms with van der Waals surface area (Å²) in [4.78, 5) is 13.3. The Morgan fingerprint density at radius 3 is 2.70 bits per heavy atom. The lowest BCUT2D eigenvalue weighted by atomic mass is 9.97. The Balaban J connectivity index is 2.09. The van der Waals surface area contributed by atoms with Crippen molar-refractivity contribution in [2.75, 3.05) is 13.2 Å². The van der Waals surface area contributed by atoms with Gasteiger partial charge in [0.25, 0.3) is 0 Å². The Bertz CT molecular complexity index is 445. The van der Waals surface area contributed by atoms with Crippen molar-refractivity contribution in [3.8, 4) is 0 Å². The Morgan fingerprint density at radius 1 is 1.25 bits per heavy atom. The van der Waals surface area contributed by atoms with E-state index < -0.39 is 5.97 Å². The van der Waals surface area contributed by atoms with Crippen molar-refractivity contribution in [2.45, 2.75) is 44.7 Å². The molecule has 1 saturated heterocycles. The molecule has 1 heterocycles. The van der Waals surface area contributed by atoms with E-state index >= 15 is 0 Å². The highest BCUT2D eigenvalue weighted by Crippen LogP contribution is 2.23. The van der Waals surface area contributed by atoms with Crippen LogP contribution in [0, 0.1) is 0 Å². The van der Waals surface area contributed by atoms with Crippen molar-refractivity contribution in [1.82, 2.24) is 4.90 Å². The van der Waals surface area contributed by atoms with Gasteiger partial charge < -0.3 is 10.2 Å². The van der Waals surface area contributed by atoms with Gasteiger partial charge in [-0.1, -0.05) is 30.7 Å². The lowest BCUT2D eigenvalue weighted by molar-refractivity contribution is -0.136. The lowest BCUT2D eigenvalue weighted by Crippen LogP contribution is -2.39. The molecular formula is C16H23NO3. The molecule has 0 amide bonds. The summed E-state index contributed by atoms with van der Waals surface area (Å²) in [7, 11) is 0. The van der Waals surface area contributed by atoms with Crippen LogP contribution in [0.2, 0.25) is 0 Å². The van der Waals surface area contributed by atoms with Gasteiger partial charge in [0.15, 0.2) is 0 Å². The zero-order valence-corrected chi connectivity index (χ0v) is 11.8. The summed E-state index contributed by atoms with van der Waals surface area (Å²) in [5.41, 5.74) is 1.99. The summed E-state index contributed by atoms with van der Waals surface area (Å²) in [6.07, 6.45) is 4.42. The van der Waals surface area contributed by atoms with Crippen LogP contribution in [0.3, 0.4) is 0 Å². The van der Waals surface area contributed by atoms with Gasteiger partial charge in [-0.05, 0) is 36.9 Å². The molecule has 20 heavy (non-hydrogen) atoms. The fourth-order valence-electron chi connectivity index (χ4n) is 3.01. The molecule has 0 saturated carbocycles. The molecule has 1 aromatic rings. The van der Waals surface area contributed by atoms with Crippen molar-refractivity contribution in [3.05, 3.63) is 35.4 Å². The Hall–Kier alpha value is -1.39. The maximum absolute atomic E-state index is 10.9. The molecule has 1 aliphatic heterocycles. The van der Waals surface area contributed by atoms with Crippen molar-refractivity contribution in [3.63, 3.8) is 0 Å². The summed E-state index contributed by atoms with van der Waals surface area (Å²) in [6, 6.07) is 8.19. The number of aliphatic carboxylic acids is 1. The number of hydrogen-bond acceptors (Lipinski definition) is 3. The van der Waals surface area contributed by atoms with Crippen LogP contribution in [0.5, 0.6) is 0 Å². The second-order valence-electron chi connectivity index (χ2n) is 5.47. The molecule has 2 N–H and O–H groups in total. The molecule has 1 aliphatic rings. The van der Waals surface area contributed by atoms with Gasteiger partial charge in [0.2, 0.25) is 0 Å². The van der Waals surface area contributed by atoms with Crippen LogP contribution in [0.15, 0.2) is 24.3 Å². The smallest absolute Gasteiger partial charge is 0.307 e. The van der Waals surface area contributed by atoms with E-state index in [9.17, 15) is 9.90 Å². The van der Waals surface area contributed by atoms with Crippen molar-refractivity contribution in [1.29, 1.82) is 0 Å². The number of hydrogen-bond donors (Lipinski definition) is 2. The largest absolute Gasteiger partial charge is 0.481 e. The minimum atomic E-state index is -0.789. The van der Waals surface area contributed by atoms with Crippen LogP contribution in [0.1, 0.15) is 36.8 Å². The van der Waals surface area contributed by atoms with Gasteiger partial charge >= 0.3 is 5.97 Å². The molecule has 1 fully saturated rings. The number of aliphatic hydroxyl groups is 1. The highest BCUT2D eigenvalue weighted by molar-refractivity contribution is 5.70. The maximum atomic E-state index is 10.9. The van der Waals surface area contributed by atoms with Gasteiger partial charge in [-0.25, -0.2) is 0 Å². The van der Waals surface area contributed by atoms with E-state index in [-0.39, 0.29) is 13.0 Å². The van der Waals surface area contributed by atoms with Crippen LogP contribution in [0.4, 0.5) is 0 Å². The molecule has 0 spiro atoms. The summed E-state index contributed by atoms with van der Waals surface area (Å²) in [5.74, 6) is -0.789. The summed E-state index contributed by atoms with van der Waals surface area (Å²) in [6.45, 7) is 2.04. The van der Waals surface area contributed by atoms with Gasteiger partial charge in [-0.3, -0.25) is 9.69 Å². The number of carboxylic acid groups (broad SMARTS) is 1. The zero-order valence-electron chi connectivity index (χ0n) is 11.8. The Kier molecular flexibility index (Phi) is 5.56. The van der Waals surface area contributed by atoms with Gasteiger partial charge in [-0.15, -0.1) is 0 Å². The molecule has 0 bridgehead atoms. The number of aliphatic hydroxyl groups excluding tert-OH is 1. The van der Waals surface area contributed by atoms with Crippen LogP contribution in [-0.4, -0.2) is 40.3 Å². The van der Waals surface area contributed by atoms with E-state index in [1.807, 2.05) is 24.3 Å². The van der Waals surface area contributed by atoms with Crippen molar-refractivity contribution < 1.29 is 15.0 Å². The second kappa shape index (κ2) is 7.41. The van der Waals surface area contributed by atoms with Crippen LogP contribution in [0.25, 0.3) is 0 Å². The predicted molar refractivity (Wildman–Crippen MR) is 77.5 cm³/mol. The molecular weight excluding hydrogens is 254 g/mol. The minimum absolute atomic E-state index is 0.0781. The first-order chi connectivity index (χ1) is 9.70. The average Bonchev–Trinajstić information content (AvgIpc) is 2.43. The van der Waals surface area contributed by atoms with E-state index in [2.05, 4.69) is 4.90 Å². The normalized spacial score (nSPS) is 19.9. The fourth-order valence-corrected chi connectivity index (χ4v) is 3.01. The van der Waals surface area contributed by atoms with E-state index in [0.717, 1.165) is 37.1 Å². The Labute approximate surface area is 120 Å². The number of nitrogens with zero attached hydrogens (tertiary/aromatic N) is 1. The molecule has 0 aromatic heterocycles. The molecule has 0 radical (unpaired) electrons. The maximum Gasteiger partial charge on any atom is 0.307 e. The third-order valence-electron chi connectivity index (χ3n) is 4.04. The molecule has 4 nitrogen and oxygen atoms in total. The van der Waals surface area contributed by atoms with Gasteiger partial charge in [0.05, 0.1) is 6.42 Å².